The van der Waals surface area contributed by atoms with Crippen molar-refractivity contribution in [3.8, 4) is 0 Å². The smallest absolute Gasteiger partial charge is 0.325 e. The fourth-order valence-corrected chi connectivity index (χ4v) is 2.93. The summed E-state index contributed by atoms with van der Waals surface area (Å²) < 4.78 is 0. The van der Waals surface area contributed by atoms with Crippen LogP contribution in [-0.4, -0.2) is 29.0 Å². The van der Waals surface area contributed by atoms with E-state index < -0.39 is 5.69 Å². The highest BCUT2D eigenvalue weighted by atomic mass is 16.2. The van der Waals surface area contributed by atoms with Crippen molar-refractivity contribution in [3.63, 3.8) is 0 Å². The molecule has 0 spiro atoms. The van der Waals surface area contributed by atoms with Crippen LogP contribution >= 0.6 is 0 Å². The first kappa shape index (κ1) is 15.0. The number of H-pyrrole nitrogens is 2. The van der Waals surface area contributed by atoms with Gasteiger partial charge in [-0.05, 0) is 24.1 Å². The van der Waals surface area contributed by atoms with Crippen molar-refractivity contribution in [2.45, 2.75) is 13.3 Å². The molecule has 0 radical (unpaired) electrons. The van der Waals surface area contributed by atoms with Gasteiger partial charge in [-0.15, -0.1) is 0 Å². The van der Waals surface area contributed by atoms with Gasteiger partial charge in [0.15, 0.2) is 0 Å². The fraction of sp³-hybridized carbons (Fsp3) is 0.235. The highest BCUT2D eigenvalue weighted by Gasteiger charge is 2.13. The van der Waals surface area contributed by atoms with E-state index in [1.807, 2.05) is 38.1 Å². The zero-order valence-corrected chi connectivity index (χ0v) is 13.3. The molecule has 23 heavy (non-hydrogen) atoms. The van der Waals surface area contributed by atoms with E-state index in [4.69, 9.17) is 0 Å². The zero-order valence-electron chi connectivity index (χ0n) is 13.3. The van der Waals surface area contributed by atoms with Gasteiger partial charge >= 0.3 is 5.69 Å². The molecule has 2 aromatic heterocycles. The molecule has 2 N–H and O–H groups in total. The maximum atomic E-state index is 11.9. The summed E-state index contributed by atoms with van der Waals surface area (Å²) in [4.78, 5) is 34.4. The Labute approximate surface area is 132 Å². The van der Waals surface area contributed by atoms with Crippen molar-refractivity contribution < 1.29 is 0 Å². The fourth-order valence-electron chi connectivity index (χ4n) is 2.93. The second kappa shape index (κ2) is 5.72. The lowest BCUT2D eigenvalue weighted by atomic mass is 9.98. The Morgan fingerprint density at radius 3 is 2.70 bits per heavy atom. The summed E-state index contributed by atoms with van der Waals surface area (Å²) in [7, 11) is 3.98. The molecule has 0 saturated carbocycles. The van der Waals surface area contributed by atoms with Crippen LogP contribution in [0.1, 0.15) is 16.7 Å². The standard InChI is InChI=1S/C17H18N4O2/c1-10-7-11(8-12-9-19-17(23)20-16(12)22)13-5-4-6-18-14(13)15(10)21(2)3/h4-7,9H,8H2,1-3H3,(H2,19,20,22,23). The van der Waals surface area contributed by atoms with E-state index in [-0.39, 0.29) is 5.56 Å². The Morgan fingerprint density at radius 1 is 1.22 bits per heavy atom. The average molecular weight is 310 g/mol. The van der Waals surface area contributed by atoms with Crippen LogP contribution in [0.25, 0.3) is 10.9 Å². The van der Waals surface area contributed by atoms with Gasteiger partial charge < -0.3 is 9.88 Å². The van der Waals surface area contributed by atoms with Gasteiger partial charge in [-0.1, -0.05) is 12.1 Å². The number of rotatable bonds is 3. The lowest BCUT2D eigenvalue weighted by molar-refractivity contribution is 0.976. The summed E-state index contributed by atoms with van der Waals surface area (Å²) in [6.45, 7) is 2.03. The van der Waals surface area contributed by atoms with E-state index in [1.54, 1.807) is 6.20 Å². The minimum atomic E-state index is -0.496. The van der Waals surface area contributed by atoms with Crippen molar-refractivity contribution in [2.24, 2.45) is 0 Å². The van der Waals surface area contributed by atoms with Gasteiger partial charge in [0.1, 0.15) is 0 Å². The molecule has 0 amide bonds. The van der Waals surface area contributed by atoms with E-state index in [2.05, 4.69) is 21.0 Å². The Kier molecular flexibility index (Phi) is 3.73. The number of aromatic nitrogens is 3. The Morgan fingerprint density at radius 2 is 2.00 bits per heavy atom. The number of anilines is 1. The molecule has 0 aliphatic heterocycles. The summed E-state index contributed by atoms with van der Waals surface area (Å²) in [5, 5.41) is 1.01. The minimum Gasteiger partial charge on any atom is -0.376 e. The van der Waals surface area contributed by atoms with E-state index in [1.165, 1.54) is 6.20 Å². The van der Waals surface area contributed by atoms with Gasteiger partial charge in [0, 0.05) is 43.9 Å². The maximum Gasteiger partial charge on any atom is 0.325 e. The molecule has 6 nitrogen and oxygen atoms in total. The lowest BCUT2D eigenvalue weighted by Crippen LogP contribution is -2.24. The molecule has 0 aliphatic rings. The Bertz CT molecular complexity index is 986. The molecule has 0 unspecified atom stereocenters. The first-order valence-corrected chi connectivity index (χ1v) is 7.33. The highest BCUT2D eigenvalue weighted by molar-refractivity contribution is 5.95. The average Bonchev–Trinajstić information content (AvgIpc) is 2.49. The zero-order chi connectivity index (χ0) is 16.6. The molecular weight excluding hydrogens is 292 g/mol. The number of pyridine rings is 1. The van der Waals surface area contributed by atoms with Gasteiger partial charge in [-0.2, -0.15) is 0 Å². The number of fused-ring (bicyclic) bond motifs is 1. The van der Waals surface area contributed by atoms with E-state index >= 15 is 0 Å². The van der Waals surface area contributed by atoms with Crippen LogP contribution in [0.5, 0.6) is 0 Å². The molecule has 0 saturated heterocycles. The molecule has 3 rings (SSSR count). The van der Waals surface area contributed by atoms with Crippen LogP contribution in [0.2, 0.25) is 0 Å². The predicted octanol–water partition coefficient (Wildman–Crippen LogP) is 1.58. The molecule has 0 bridgehead atoms. The molecule has 3 aromatic rings. The molecule has 1 aromatic carbocycles. The number of hydrogen-bond donors (Lipinski definition) is 2. The molecule has 6 heteroatoms. The van der Waals surface area contributed by atoms with Crippen molar-refractivity contribution in [2.75, 3.05) is 19.0 Å². The van der Waals surface area contributed by atoms with Crippen molar-refractivity contribution in [1.29, 1.82) is 0 Å². The third-order valence-electron chi connectivity index (χ3n) is 3.87. The maximum absolute atomic E-state index is 11.9. The van der Waals surface area contributed by atoms with Gasteiger partial charge in [0.25, 0.3) is 5.56 Å². The number of nitrogens with one attached hydrogen (secondary N) is 2. The van der Waals surface area contributed by atoms with Gasteiger partial charge in [0.05, 0.1) is 11.2 Å². The second-order valence-corrected chi connectivity index (χ2v) is 5.77. The van der Waals surface area contributed by atoms with Crippen LogP contribution < -0.4 is 16.1 Å². The third-order valence-corrected chi connectivity index (χ3v) is 3.87. The number of aryl methyl sites for hydroxylation is 1. The summed E-state index contributed by atoms with van der Waals surface area (Å²) in [5.74, 6) is 0. The quantitative estimate of drug-likeness (QED) is 0.769. The first-order valence-electron chi connectivity index (χ1n) is 7.33. The summed E-state index contributed by atoms with van der Waals surface area (Å²) in [5.41, 5.74) is 3.75. The summed E-state index contributed by atoms with van der Waals surface area (Å²) in [6.07, 6.45) is 3.67. The number of nitrogens with zero attached hydrogens (tertiary/aromatic N) is 2. The first-order chi connectivity index (χ1) is 11.0. The Hall–Kier alpha value is -2.89. The number of aromatic amines is 2. The molecule has 0 aliphatic carbocycles. The number of hydrogen-bond acceptors (Lipinski definition) is 4. The van der Waals surface area contributed by atoms with E-state index in [9.17, 15) is 9.59 Å². The van der Waals surface area contributed by atoms with Crippen LogP contribution in [0.4, 0.5) is 5.69 Å². The van der Waals surface area contributed by atoms with Gasteiger partial charge in [-0.3, -0.25) is 14.8 Å². The minimum absolute atomic E-state index is 0.361. The predicted molar refractivity (Wildman–Crippen MR) is 91.3 cm³/mol. The molecule has 0 fully saturated rings. The van der Waals surface area contributed by atoms with E-state index in [0.29, 0.717) is 12.0 Å². The van der Waals surface area contributed by atoms with Crippen molar-refractivity contribution >= 4 is 16.6 Å². The highest BCUT2D eigenvalue weighted by Crippen LogP contribution is 2.31. The van der Waals surface area contributed by atoms with E-state index in [0.717, 1.165) is 27.7 Å². The molecular formula is C17H18N4O2. The molecule has 0 atom stereocenters. The Balaban J connectivity index is 2.21. The van der Waals surface area contributed by atoms with Gasteiger partial charge in [0.2, 0.25) is 0 Å². The van der Waals surface area contributed by atoms with Crippen LogP contribution in [0, 0.1) is 6.92 Å². The number of benzene rings is 1. The molecule has 118 valence electrons. The van der Waals surface area contributed by atoms with Crippen LogP contribution in [-0.2, 0) is 6.42 Å². The largest absolute Gasteiger partial charge is 0.376 e. The SMILES string of the molecule is Cc1cc(Cc2c[nH]c(=O)[nH]c2=O)c2cccnc2c1N(C)C. The topological polar surface area (TPSA) is 81.8 Å². The van der Waals surface area contributed by atoms with Crippen LogP contribution in [0.15, 0.2) is 40.2 Å². The van der Waals surface area contributed by atoms with Crippen molar-refractivity contribution in [3.05, 3.63) is 68.1 Å². The molecule has 2 heterocycles. The monoisotopic (exact) mass is 310 g/mol. The van der Waals surface area contributed by atoms with Crippen LogP contribution in [0.3, 0.4) is 0 Å². The normalized spacial score (nSPS) is 10.9. The third kappa shape index (κ3) is 2.75. The second-order valence-electron chi connectivity index (χ2n) is 5.77. The summed E-state index contributed by atoms with van der Waals surface area (Å²) in [6, 6.07) is 5.96. The van der Waals surface area contributed by atoms with Gasteiger partial charge in [-0.25, -0.2) is 4.79 Å². The lowest BCUT2D eigenvalue weighted by Gasteiger charge is -2.19. The van der Waals surface area contributed by atoms with Crippen molar-refractivity contribution in [1.82, 2.24) is 15.0 Å². The summed E-state index contributed by atoms with van der Waals surface area (Å²) >= 11 is 0.